The summed E-state index contributed by atoms with van der Waals surface area (Å²) in [6.45, 7) is 0.479. The molecule has 5 heteroatoms. The molecule has 3 heterocycles. The van der Waals surface area contributed by atoms with Crippen LogP contribution in [0.5, 0.6) is 0 Å². The molecule has 0 spiro atoms. The van der Waals surface area contributed by atoms with Crippen molar-refractivity contribution in [2.45, 2.75) is 6.54 Å². The van der Waals surface area contributed by atoms with Gasteiger partial charge in [0.1, 0.15) is 0 Å². The molecule has 0 radical (unpaired) electrons. The second kappa shape index (κ2) is 3.70. The number of thiophene rings is 1. The molecule has 3 aromatic heterocycles. The van der Waals surface area contributed by atoms with E-state index in [9.17, 15) is 0 Å². The molecule has 0 atom stereocenters. The zero-order valence-corrected chi connectivity index (χ0v) is 9.31. The van der Waals surface area contributed by atoms with E-state index in [-0.39, 0.29) is 0 Å². The number of rotatable bonds is 2. The zero-order chi connectivity index (χ0) is 11.0. The molecule has 0 unspecified atom stereocenters. The van der Waals surface area contributed by atoms with Gasteiger partial charge in [-0.15, -0.1) is 21.5 Å². The maximum Gasteiger partial charge on any atom is 0.178 e. The summed E-state index contributed by atoms with van der Waals surface area (Å²) < 4.78 is 1.98. The van der Waals surface area contributed by atoms with E-state index in [1.54, 1.807) is 11.3 Å². The summed E-state index contributed by atoms with van der Waals surface area (Å²) >= 11 is 1.65. The van der Waals surface area contributed by atoms with E-state index in [1.165, 1.54) is 0 Å². The Morgan fingerprint density at radius 3 is 2.94 bits per heavy atom. The number of nitrogens with two attached hydrogens (primary N) is 1. The van der Waals surface area contributed by atoms with Crippen LogP contribution in [0.2, 0.25) is 0 Å². The van der Waals surface area contributed by atoms with Gasteiger partial charge in [-0.25, -0.2) is 0 Å². The topological polar surface area (TPSA) is 56.2 Å². The van der Waals surface area contributed by atoms with Gasteiger partial charge in [0.05, 0.1) is 4.88 Å². The molecule has 80 valence electrons. The minimum atomic E-state index is 0.479. The van der Waals surface area contributed by atoms with Crippen LogP contribution in [0, 0.1) is 0 Å². The fourth-order valence-electron chi connectivity index (χ4n) is 1.70. The normalized spacial score (nSPS) is 11.1. The van der Waals surface area contributed by atoms with Crippen LogP contribution in [0.15, 0.2) is 35.8 Å². The molecule has 0 aliphatic carbocycles. The predicted octanol–water partition coefficient (Wildman–Crippen LogP) is 1.92. The number of fused-ring (bicyclic) bond motifs is 1. The quantitative estimate of drug-likeness (QED) is 0.731. The van der Waals surface area contributed by atoms with Crippen molar-refractivity contribution in [2.75, 3.05) is 0 Å². The molecule has 3 aromatic rings. The summed E-state index contributed by atoms with van der Waals surface area (Å²) in [5.41, 5.74) is 7.52. The third-order valence-corrected chi connectivity index (χ3v) is 3.34. The van der Waals surface area contributed by atoms with E-state index in [2.05, 4.69) is 10.2 Å². The third kappa shape index (κ3) is 1.33. The van der Waals surface area contributed by atoms with Crippen LogP contribution in [0.25, 0.3) is 16.3 Å². The summed E-state index contributed by atoms with van der Waals surface area (Å²) in [5, 5.41) is 10.4. The zero-order valence-electron chi connectivity index (χ0n) is 8.50. The molecular weight excluding hydrogens is 220 g/mol. The highest BCUT2D eigenvalue weighted by atomic mass is 32.1. The maximum absolute atomic E-state index is 5.67. The van der Waals surface area contributed by atoms with Crippen LogP contribution in [0.1, 0.15) is 5.56 Å². The Morgan fingerprint density at radius 2 is 2.19 bits per heavy atom. The summed E-state index contributed by atoms with van der Waals surface area (Å²) in [6, 6.07) is 7.99. The van der Waals surface area contributed by atoms with Gasteiger partial charge in [-0.3, -0.25) is 4.40 Å². The first-order valence-electron chi connectivity index (χ1n) is 4.96. The fourth-order valence-corrected chi connectivity index (χ4v) is 2.41. The van der Waals surface area contributed by atoms with Crippen LogP contribution in [-0.4, -0.2) is 14.6 Å². The highest BCUT2D eigenvalue weighted by Gasteiger charge is 2.10. The molecule has 0 aromatic carbocycles. The number of nitrogens with zero attached hydrogens (tertiary/aromatic N) is 3. The van der Waals surface area contributed by atoms with Crippen molar-refractivity contribution in [1.82, 2.24) is 14.6 Å². The summed E-state index contributed by atoms with van der Waals surface area (Å²) in [5.74, 6) is 0.875. The number of aromatic nitrogens is 3. The van der Waals surface area contributed by atoms with Gasteiger partial charge in [0.25, 0.3) is 0 Å². The molecule has 0 amide bonds. The van der Waals surface area contributed by atoms with Gasteiger partial charge in [0, 0.05) is 18.3 Å². The molecular formula is C11H10N4S. The van der Waals surface area contributed by atoms with Crippen molar-refractivity contribution >= 4 is 17.0 Å². The minimum Gasteiger partial charge on any atom is -0.326 e. The van der Waals surface area contributed by atoms with Crippen molar-refractivity contribution in [3.63, 3.8) is 0 Å². The Hall–Kier alpha value is -1.72. The first kappa shape index (κ1) is 9.50. The Kier molecular flexibility index (Phi) is 2.19. The van der Waals surface area contributed by atoms with Crippen LogP contribution in [0.3, 0.4) is 0 Å². The van der Waals surface area contributed by atoms with Crippen molar-refractivity contribution in [3.05, 3.63) is 41.4 Å². The van der Waals surface area contributed by atoms with Gasteiger partial charge in [-0.1, -0.05) is 12.1 Å². The number of hydrogen-bond acceptors (Lipinski definition) is 4. The Morgan fingerprint density at radius 1 is 1.25 bits per heavy atom. The first-order valence-corrected chi connectivity index (χ1v) is 5.84. The average molecular weight is 230 g/mol. The van der Waals surface area contributed by atoms with Crippen molar-refractivity contribution in [2.24, 2.45) is 5.73 Å². The molecule has 16 heavy (non-hydrogen) atoms. The standard InChI is InChI=1S/C11H10N4S/c12-7-8-3-1-5-15-10(8)13-14-11(15)9-4-2-6-16-9/h1-6H,7,12H2. The van der Waals surface area contributed by atoms with Crippen LogP contribution < -0.4 is 5.73 Å². The second-order valence-corrected chi connectivity index (χ2v) is 4.38. The smallest absolute Gasteiger partial charge is 0.178 e. The largest absolute Gasteiger partial charge is 0.326 e. The lowest BCUT2D eigenvalue weighted by Gasteiger charge is -2.00. The van der Waals surface area contributed by atoms with Crippen LogP contribution >= 0.6 is 11.3 Å². The lowest BCUT2D eigenvalue weighted by Crippen LogP contribution is -1.99. The molecule has 0 saturated heterocycles. The van der Waals surface area contributed by atoms with E-state index in [0.29, 0.717) is 6.54 Å². The van der Waals surface area contributed by atoms with Crippen molar-refractivity contribution in [3.8, 4) is 10.7 Å². The molecule has 0 fully saturated rings. The summed E-state index contributed by atoms with van der Waals surface area (Å²) in [4.78, 5) is 1.11. The van der Waals surface area contributed by atoms with Gasteiger partial charge < -0.3 is 5.73 Å². The lowest BCUT2D eigenvalue weighted by molar-refractivity contribution is 1.04. The van der Waals surface area contributed by atoms with E-state index in [4.69, 9.17) is 5.73 Å². The molecule has 0 aliphatic heterocycles. The van der Waals surface area contributed by atoms with Crippen molar-refractivity contribution < 1.29 is 0 Å². The molecule has 2 N–H and O–H groups in total. The first-order chi connectivity index (χ1) is 7.90. The molecule has 0 saturated carbocycles. The minimum absolute atomic E-state index is 0.479. The van der Waals surface area contributed by atoms with Crippen LogP contribution in [0.4, 0.5) is 0 Å². The Balaban J connectivity index is 2.29. The van der Waals surface area contributed by atoms with E-state index in [0.717, 1.165) is 21.9 Å². The lowest BCUT2D eigenvalue weighted by atomic mass is 10.3. The van der Waals surface area contributed by atoms with Gasteiger partial charge in [-0.2, -0.15) is 0 Å². The number of pyridine rings is 1. The van der Waals surface area contributed by atoms with Crippen molar-refractivity contribution in [1.29, 1.82) is 0 Å². The monoisotopic (exact) mass is 230 g/mol. The average Bonchev–Trinajstić information content (AvgIpc) is 2.96. The molecule has 0 aliphatic rings. The highest BCUT2D eigenvalue weighted by molar-refractivity contribution is 7.13. The van der Waals surface area contributed by atoms with Gasteiger partial charge in [0.2, 0.25) is 0 Å². The van der Waals surface area contributed by atoms with E-state index < -0.39 is 0 Å². The Bertz CT molecular complexity index is 612. The van der Waals surface area contributed by atoms with Crippen LogP contribution in [-0.2, 0) is 6.54 Å². The third-order valence-electron chi connectivity index (χ3n) is 2.48. The molecule has 3 rings (SSSR count). The highest BCUT2D eigenvalue weighted by Crippen LogP contribution is 2.23. The van der Waals surface area contributed by atoms with Gasteiger partial charge in [0.15, 0.2) is 11.5 Å². The van der Waals surface area contributed by atoms with Gasteiger partial charge in [-0.05, 0) is 17.5 Å². The predicted molar refractivity (Wildman–Crippen MR) is 64.2 cm³/mol. The fraction of sp³-hybridized carbons (Fsp3) is 0.0909. The summed E-state index contributed by atoms with van der Waals surface area (Å²) in [7, 11) is 0. The van der Waals surface area contributed by atoms with E-state index in [1.807, 2.05) is 40.2 Å². The number of hydrogen-bond donors (Lipinski definition) is 1. The second-order valence-electron chi connectivity index (χ2n) is 3.43. The maximum atomic E-state index is 5.67. The molecule has 4 nitrogen and oxygen atoms in total. The van der Waals surface area contributed by atoms with E-state index >= 15 is 0 Å². The van der Waals surface area contributed by atoms with Gasteiger partial charge >= 0.3 is 0 Å². The Labute approximate surface area is 96.4 Å². The summed E-state index contributed by atoms with van der Waals surface area (Å²) in [6.07, 6.45) is 1.96. The SMILES string of the molecule is NCc1cccn2c(-c3cccs3)nnc12. The molecule has 0 bridgehead atoms.